The lowest BCUT2D eigenvalue weighted by Gasteiger charge is -2.08. The number of ether oxygens (including phenoxy) is 1. The summed E-state index contributed by atoms with van der Waals surface area (Å²) >= 11 is 0. The van der Waals surface area contributed by atoms with Gasteiger partial charge in [0, 0.05) is 23.9 Å². The molecule has 8 nitrogen and oxygen atoms in total. The molecular weight excluding hydrogens is 302 g/mol. The van der Waals surface area contributed by atoms with E-state index in [2.05, 4.69) is 15.0 Å². The molecule has 1 aromatic carbocycles. The number of rotatable bonds is 4. The smallest absolute Gasteiger partial charge is 0.338 e. The molecule has 1 heterocycles. The maximum absolute atomic E-state index is 12.3. The molecule has 2 rings (SSSR count). The molecule has 0 bridgehead atoms. The molecule has 0 radical (unpaired) electrons. The molecule has 2 aromatic rings. The minimum absolute atomic E-state index is 0.0251. The Kier molecular flexibility index (Phi) is 4.65. The molecule has 118 valence electrons. The minimum atomic E-state index is -0.764. The normalized spacial score (nSPS) is 10.0. The van der Waals surface area contributed by atoms with E-state index in [1.807, 2.05) is 0 Å². The van der Waals surface area contributed by atoms with Crippen LogP contribution in [0.25, 0.3) is 0 Å². The van der Waals surface area contributed by atoms with Gasteiger partial charge < -0.3 is 10.1 Å². The van der Waals surface area contributed by atoms with Crippen molar-refractivity contribution in [3.05, 3.63) is 63.5 Å². The molecule has 0 saturated carbocycles. The van der Waals surface area contributed by atoms with E-state index in [4.69, 9.17) is 0 Å². The summed E-state index contributed by atoms with van der Waals surface area (Å²) in [6.45, 7) is 1.78. The second kappa shape index (κ2) is 6.65. The van der Waals surface area contributed by atoms with Crippen LogP contribution in [0.3, 0.4) is 0 Å². The first-order chi connectivity index (χ1) is 10.9. The van der Waals surface area contributed by atoms with Gasteiger partial charge in [0.2, 0.25) is 0 Å². The Morgan fingerprint density at radius 3 is 2.57 bits per heavy atom. The zero-order valence-electron chi connectivity index (χ0n) is 12.4. The van der Waals surface area contributed by atoms with Gasteiger partial charge in [-0.2, -0.15) is 0 Å². The monoisotopic (exact) mass is 315 g/mol. The van der Waals surface area contributed by atoms with E-state index in [-0.39, 0.29) is 16.8 Å². The molecule has 0 aliphatic carbocycles. The first-order valence-electron chi connectivity index (χ1n) is 6.52. The summed E-state index contributed by atoms with van der Waals surface area (Å²) in [5.74, 6) is -1.35. The van der Waals surface area contributed by atoms with Crippen molar-refractivity contribution in [2.45, 2.75) is 6.92 Å². The van der Waals surface area contributed by atoms with Gasteiger partial charge in [-0.25, -0.2) is 4.79 Å². The molecule has 1 amide bonds. The number of nitrogens with one attached hydrogen (secondary N) is 1. The molecule has 8 heteroatoms. The van der Waals surface area contributed by atoms with Crippen molar-refractivity contribution in [3.63, 3.8) is 0 Å². The molecule has 1 aromatic heterocycles. The van der Waals surface area contributed by atoms with Gasteiger partial charge in [0.1, 0.15) is 0 Å². The fourth-order valence-corrected chi connectivity index (χ4v) is 1.87. The standard InChI is InChI=1S/C15H13N3O5/c1-9-3-4-16-8-13(9)17-14(19)10-5-11(15(20)23-2)7-12(6-10)18(21)22/h3-8H,1-2H3,(H,17,19). The maximum atomic E-state index is 12.3. The van der Waals surface area contributed by atoms with E-state index in [0.29, 0.717) is 5.69 Å². The average Bonchev–Trinajstić information content (AvgIpc) is 2.55. The highest BCUT2D eigenvalue weighted by molar-refractivity contribution is 6.06. The molecule has 0 aliphatic rings. The molecule has 0 fully saturated rings. The number of carbonyl (C=O) groups excluding carboxylic acids is 2. The first kappa shape index (κ1) is 16.1. The Hall–Kier alpha value is -3.29. The Morgan fingerprint density at radius 2 is 1.96 bits per heavy atom. The second-order valence-electron chi connectivity index (χ2n) is 4.66. The molecule has 1 N–H and O–H groups in total. The molecule has 0 saturated heterocycles. The summed E-state index contributed by atoms with van der Waals surface area (Å²) in [5.41, 5.74) is 0.786. The van der Waals surface area contributed by atoms with Crippen LogP contribution < -0.4 is 5.32 Å². The number of carbonyl (C=O) groups is 2. The third-order valence-corrected chi connectivity index (χ3v) is 3.10. The number of amides is 1. The van der Waals surface area contributed by atoms with E-state index >= 15 is 0 Å². The number of esters is 1. The number of nitro benzene ring substituents is 1. The SMILES string of the molecule is COC(=O)c1cc(C(=O)Nc2cnccc2C)cc([N+](=O)[O-])c1. The Labute approximate surface area is 131 Å². The quantitative estimate of drug-likeness (QED) is 0.526. The van der Waals surface area contributed by atoms with Crippen LogP contribution in [0.15, 0.2) is 36.7 Å². The number of anilines is 1. The summed E-state index contributed by atoms with van der Waals surface area (Å²) in [6.07, 6.45) is 3.04. The van der Waals surface area contributed by atoms with Crippen molar-refractivity contribution >= 4 is 23.3 Å². The van der Waals surface area contributed by atoms with Crippen molar-refractivity contribution in [2.24, 2.45) is 0 Å². The fourth-order valence-electron chi connectivity index (χ4n) is 1.87. The number of non-ortho nitro benzene ring substituents is 1. The number of benzene rings is 1. The highest BCUT2D eigenvalue weighted by atomic mass is 16.6. The van der Waals surface area contributed by atoms with Gasteiger partial charge in [-0.15, -0.1) is 0 Å². The van der Waals surface area contributed by atoms with Gasteiger partial charge in [-0.1, -0.05) is 0 Å². The lowest BCUT2D eigenvalue weighted by Crippen LogP contribution is -2.14. The van der Waals surface area contributed by atoms with Crippen molar-refractivity contribution in [2.75, 3.05) is 12.4 Å². The van der Waals surface area contributed by atoms with Crippen LogP contribution in [-0.4, -0.2) is 28.9 Å². The summed E-state index contributed by atoms with van der Waals surface area (Å²) in [6, 6.07) is 5.09. The highest BCUT2D eigenvalue weighted by Gasteiger charge is 2.18. The summed E-state index contributed by atoms with van der Waals surface area (Å²) in [5, 5.41) is 13.6. The first-order valence-corrected chi connectivity index (χ1v) is 6.52. The molecule has 0 atom stereocenters. The molecule has 0 unspecified atom stereocenters. The predicted octanol–water partition coefficient (Wildman–Crippen LogP) is 2.34. The summed E-state index contributed by atoms with van der Waals surface area (Å²) < 4.78 is 4.54. The lowest BCUT2D eigenvalue weighted by molar-refractivity contribution is -0.384. The third kappa shape index (κ3) is 3.67. The number of nitro groups is 1. The van der Waals surface area contributed by atoms with Crippen LogP contribution in [0, 0.1) is 17.0 Å². The minimum Gasteiger partial charge on any atom is -0.465 e. The number of methoxy groups -OCH3 is 1. The maximum Gasteiger partial charge on any atom is 0.338 e. The molecular formula is C15H13N3O5. The van der Waals surface area contributed by atoms with E-state index in [9.17, 15) is 19.7 Å². The van der Waals surface area contributed by atoms with Gasteiger partial charge >= 0.3 is 5.97 Å². The van der Waals surface area contributed by atoms with Gasteiger partial charge in [0.15, 0.2) is 0 Å². The van der Waals surface area contributed by atoms with E-state index in [1.54, 1.807) is 19.2 Å². The summed E-state index contributed by atoms with van der Waals surface area (Å²) in [4.78, 5) is 38.1. The van der Waals surface area contributed by atoms with Crippen molar-refractivity contribution in [1.82, 2.24) is 4.98 Å². The van der Waals surface area contributed by atoms with Crippen LogP contribution in [0.1, 0.15) is 26.3 Å². The number of hydrogen-bond donors (Lipinski definition) is 1. The zero-order chi connectivity index (χ0) is 17.0. The number of aromatic nitrogens is 1. The van der Waals surface area contributed by atoms with Crippen molar-refractivity contribution in [3.8, 4) is 0 Å². The van der Waals surface area contributed by atoms with Gasteiger partial charge in [0.25, 0.3) is 11.6 Å². The Balaban J connectivity index is 2.39. The van der Waals surface area contributed by atoms with Crippen molar-refractivity contribution < 1.29 is 19.2 Å². The molecule has 23 heavy (non-hydrogen) atoms. The zero-order valence-corrected chi connectivity index (χ0v) is 12.4. The Bertz CT molecular complexity index is 788. The largest absolute Gasteiger partial charge is 0.465 e. The number of nitrogens with zero attached hydrogens (tertiary/aromatic N) is 2. The fraction of sp³-hybridized carbons (Fsp3) is 0.133. The second-order valence-corrected chi connectivity index (χ2v) is 4.66. The highest BCUT2D eigenvalue weighted by Crippen LogP contribution is 2.20. The number of hydrogen-bond acceptors (Lipinski definition) is 6. The van der Waals surface area contributed by atoms with Crippen LogP contribution in [0.4, 0.5) is 11.4 Å². The molecule has 0 aliphatic heterocycles. The average molecular weight is 315 g/mol. The van der Waals surface area contributed by atoms with Crippen LogP contribution in [0.5, 0.6) is 0 Å². The van der Waals surface area contributed by atoms with E-state index < -0.39 is 16.8 Å². The predicted molar refractivity (Wildman–Crippen MR) is 81.4 cm³/mol. The van der Waals surface area contributed by atoms with Gasteiger partial charge in [-0.3, -0.25) is 19.9 Å². The van der Waals surface area contributed by atoms with Gasteiger partial charge in [0.05, 0.1) is 29.5 Å². The number of pyridine rings is 1. The lowest BCUT2D eigenvalue weighted by atomic mass is 10.1. The Morgan fingerprint density at radius 1 is 1.26 bits per heavy atom. The van der Waals surface area contributed by atoms with Crippen LogP contribution in [-0.2, 0) is 4.74 Å². The van der Waals surface area contributed by atoms with E-state index in [0.717, 1.165) is 24.8 Å². The van der Waals surface area contributed by atoms with E-state index in [1.165, 1.54) is 12.3 Å². The van der Waals surface area contributed by atoms with Crippen molar-refractivity contribution in [1.29, 1.82) is 0 Å². The van der Waals surface area contributed by atoms with Crippen LogP contribution >= 0.6 is 0 Å². The number of aryl methyl sites for hydroxylation is 1. The third-order valence-electron chi connectivity index (χ3n) is 3.10. The summed E-state index contributed by atoms with van der Waals surface area (Å²) in [7, 11) is 1.15. The van der Waals surface area contributed by atoms with Gasteiger partial charge in [-0.05, 0) is 24.6 Å². The molecule has 0 spiro atoms. The van der Waals surface area contributed by atoms with Crippen LogP contribution in [0.2, 0.25) is 0 Å². The topological polar surface area (TPSA) is 111 Å².